The van der Waals surface area contributed by atoms with E-state index in [2.05, 4.69) is 34.5 Å². The van der Waals surface area contributed by atoms with Gasteiger partial charge in [0.15, 0.2) is 0 Å². The molecule has 3 aromatic rings. The van der Waals surface area contributed by atoms with E-state index in [4.69, 9.17) is 10.2 Å². The standard InChI is InChI=1S/C19H19N3OS/c20-17(14-16-10-5-2-6-11-16)18-21-22-19(23-18)24-13-7-12-15-8-3-1-4-9-15/h1-12,17H,13-14,20H2/b12-7+/t17-/m0/s1. The zero-order valence-electron chi connectivity index (χ0n) is 13.2. The Bertz CT molecular complexity index is 772. The third-order valence-electron chi connectivity index (χ3n) is 3.45. The molecule has 0 unspecified atom stereocenters. The fourth-order valence-electron chi connectivity index (χ4n) is 2.25. The number of benzene rings is 2. The number of nitrogens with two attached hydrogens (primary N) is 1. The van der Waals surface area contributed by atoms with Crippen LogP contribution in [0.15, 0.2) is 76.4 Å². The minimum absolute atomic E-state index is 0.283. The molecule has 0 aliphatic carbocycles. The van der Waals surface area contributed by atoms with E-state index in [1.165, 1.54) is 17.3 Å². The molecule has 24 heavy (non-hydrogen) atoms. The second kappa shape index (κ2) is 8.47. The number of hydrogen-bond acceptors (Lipinski definition) is 5. The van der Waals surface area contributed by atoms with E-state index in [9.17, 15) is 0 Å². The summed E-state index contributed by atoms with van der Waals surface area (Å²) < 4.78 is 5.65. The van der Waals surface area contributed by atoms with Gasteiger partial charge in [-0.05, 0) is 17.5 Å². The fraction of sp³-hybridized carbons (Fsp3) is 0.158. The summed E-state index contributed by atoms with van der Waals surface area (Å²) in [5.74, 6) is 1.25. The lowest BCUT2D eigenvalue weighted by atomic mass is 10.1. The summed E-state index contributed by atoms with van der Waals surface area (Å²) in [5, 5.41) is 8.67. The quantitative estimate of drug-likeness (QED) is 0.657. The van der Waals surface area contributed by atoms with E-state index < -0.39 is 0 Å². The van der Waals surface area contributed by atoms with Crippen LogP contribution in [0.1, 0.15) is 23.1 Å². The molecule has 0 fully saturated rings. The molecule has 5 heteroatoms. The molecule has 0 radical (unpaired) electrons. The molecule has 0 saturated heterocycles. The van der Waals surface area contributed by atoms with E-state index in [1.54, 1.807) is 0 Å². The maximum atomic E-state index is 6.15. The third-order valence-corrected chi connectivity index (χ3v) is 4.22. The first-order valence-electron chi connectivity index (χ1n) is 7.78. The zero-order chi connectivity index (χ0) is 16.6. The smallest absolute Gasteiger partial charge is 0.276 e. The maximum Gasteiger partial charge on any atom is 0.276 e. The van der Waals surface area contributed by atoms with Gasteiger partial charge in [0.05, 0.1) is 6.04 Å². The van der Waals surface area contributed by atoms with Gasteiger partial charge in [-0.1, -0.05) is 84.6 Å². The Hall–Kier alpha value is -2.37. The SMILES string of the molecule is N[C@@H](Cc1ccccc1)c1nnc(SC/C=C/c2ccccc2)o1. The van der Waals surface area contributed by atoms with Crippen LogP contribution in [0.25, 0.3) is 6.08 Å². The molecule has 0 aliphatic rings. The van der Waals surface area contributed by atoms with Gasteiger partial charge in [0.25, 0.3) is 5.22 Å². The van der Waals surface area contributed by atoms with Gasteiger partial charge >= 0.3 is 0 Å². The van der Waals surface area contributed by atoms with E-state index in [0.29, 0.717) is 17.5 Å². The summed E-state index contributed by atoms with van der Waals surface area (Å²) in [6.45, 7) is 0. The predicted octanol–water partition coefficient (Wildman–Crippen LogP) is 4.12. The molecule has 1 heterocycles. The first-order valence-corrected chi connectivity index (χ1v) is 8.77. The van der Waals surface area contributed by atoms with Crippen molar-refractivity contribution < 1.29 is 4.42 Å². The number of nitrogens with zero attached hydrogens (tertiary/aromatic N) is 2. The van der Waals surface area contributed by atoms with Gasteiger partial charge in [-0.2, -0.15) is 0 Å². The van der Waals surface area contributed by atoms with Crippen molar-refractivity contribution >= 4 is 17.8 Å². The summed E-state index contributed by atoms with van der Waals surface area (Å²) in [4.78, 5) is 0. The van der Waals surface area contributed by atoms with E-state index in [-0.39, 0.29) is 6.04 Å². The molecule has 3 rings (SSSR count). The van der Waals surface area contributed by atoms with Crippen LogP contribution in [0.3, 0.4) is 0 Å². The molecule has 0 spiro atoms. The lowest BCUT2D eigenvalue weighted by molar-refractivity contribution is 0.385. The van der Waals surface area contributed by atoms with Gasteiger partial charge in [-0.25, -0.2) is 0 Å². The average molecular weight is 337 g/mol. The Balaban J connectivity index is 1.51. The Morgan fingerprint density at radius 1 is 1.00 bits per heavy atom. The Morgan fingerprint density at radius 2 is 1.71 bits per heavy atom. The van der Waals surface area contributed by atoms with Gasteiger partial charge in [-0.3, -0.25) is 0 Å². The molecule has 2 N–H and O–H groups in total. The Kier molecular flexibility index (Phi) is 5.82. The Labute approximate surface area is 145 Å². The number of rotatable bonds is 7. The molecule has 0 amide bonds. The zero-order valence-corrected chi connectivity index (χ0v) is 14.0. The molecule has 0 bridgehead atoms. The molecule has 4 nitrogen and oxygen atoms in total. The average Bonchev–Trinajstić information content (AvgIpc) is 3.10. The van der Waals surface area contributed by atoms with Crippen molar-refractivity contribution in [2.45, 2.75) is 17.7 Å². The van der Waals surface area contributed by atoms with Crippen molar-refractivity contribution in [1.82, 2.24) is 10.2 Å². The largest absolute Gasteiger partial charge is 0.414 e. The van der Waals surface area contributed by atoms with Gasteiger partial charge in [0.1, 0.15) is 0 Å². The van der Waals surface area contributed by atoms with Crippen LogP contribution in [-0.4, -0.2) is 16.0 Å². The molecular formula is C19H19N3OS. The maximum absolute atomic E-state index is 6.15. The van der Waals surface area contributed by atoms with Gasteiger partial charge < -0.3 is 10.2 Å². The second-order valence-corrected chi connectivity index (χ2v) is 6.30. The first kappa shape index (κ1) is 16.5. The summed E-state index contributed by atoms with van der Waals surface area (Å²) in [5.41, 5.74) is 8.48. The van der Waals surface area contributed by atoms with Crippen LogP contribution in [0.5, 0.6) is 0 Å². The second-order valence-electron chi connectivity index (χ2n) is 5.33. The minimum Gasteiger partial charge on any atom is -0.414 e. The highest BCUT2D eigenvalue weighted by atomic mass is 32.2. The van der Waals surface area contributed by atoms with Gasteiger partial charge in [-0.15, -0.1) is 10.2 Å². The number of thioether (sulfide) groups is 1. The van der Waals surface area contributed by atoms with E-state index in [1.807, 2.05) is 48.5 Å². The van der Waals surface area contributed by atoms with Crippen molar-refractivity contribution in [3.05, 3.63) is 83.8 Å². The normalized spacial score (nSPS) is 12.5. The number of aromatic nitrogens is 2. The summed E-state index contributed by atoms with van der Waals surface area (Å²) >= 11 is 1.50. The highest BCUT2D eigenvalue weighted by molar-refractivity contribution is 7.99. The molecular weight excluding hydrogens is 318 g/mol. The Morgan fingerprint density at radius 3 is 2.46 bits per heavy atom. The third kappa shape index (κ3) is 4.81. The molecule has 1 atom stereocenters. The van der Waals surface area contributed by atoms with Crippen molar-refractivity contribution in [3.63, 3.8) is 0 Å². The number of hydrogen-bond donors (Lipinski definition) is 1. The van der Waals surface area contributed by atoms with E-state index in [0.717, 1.165) is 11.3 Å². The highest BCUT2D eigenvalue weighted by Crippen LogP contribution is 2.21. The van der Waals surface area contributed by atoms with Crippen molar-refractivity contribution in [1.29, 1.82) is 0 Å². The highest BCUT2D eigenvalue weighted by Gasteiger charge is 2.15. The van der Waals surface area contributed by atoms with Crippen LogP contribution in [-0.2, 0) is 6.42 Å². The predicted molar refractivity (Wildman–Crippen MR) is 97.6 cm³/mol. The lowest BCUT2D eigenvalue weighted by Crippen LogP contribution is -2.13. The van der Waals surface area contributed by atoms with Crippen LogP contribution in [0, 0.1) is 0 Å². The van der Waals surface area contributed by atoms with Crippen LogP contribution in [0.2, 0.25) is 0 Å². The monoisotopic (exact) mass is 337 g/mol. The summed E-state index contributed by atoms with van der Waals surface area (Å²) in [6, 6.07) is 19.9. The van der Waals surface area contributed by atoms with Crippen molar-refractivity contribution in [2.24, 2.45) is 5.73 Å². The summed E-state index contributed by atoms with van der Waals surface area (Å²) in [7, 11) is 0. The first-order chi connectivity index (χ1) is 11.8. The van der Waals surface area contributed by atoms with Crippen LogP contribution >= 0.6 is 11.8 Å². The van der Waals surface area contributed by atoms with Gasteiger partial charge in [0, 0.05) is 5.75 Å². The fourth-order valence-corrected chi connectivity index (χ4v) is 2.83. The van der Waals surface area contributed by atoms with E-state index >= 15 is 0 Å². The topological polar surface area (TPSA) is 64.9 Å². The minimum atomic E-state index is -0.283. The molecule has 0 aliphatic heterocycles. The van der Waals surface area contributed by atoms with Crippen molar-refractivity contribution in [2.75, 3.05) is 5.75 Å². The van der Waals surface area contributed by atoms with Crippen LogP contribution in [0.4, 0.5) is 0 Å². The summed E-state index contributed by atoms with van der Waals surface area (Å²) in [6.07, 6.45) is 4.83. The van der Waals surface area contributed by atoms with Crippen molar-refractivity contribution in [3.8, 4) is 0 Å². The van der Waals surface area contributed by atoms with Crippen LogP contribution < -0.4 is 5.73 Å². The molecule has 1 aromatic heterocycles. The molecule has 122 valence electrons. The molecule has 2 aromatic carbocycles. The molecule has 0 saturated carbocycles. The lowest BCUT2D eigenvalue weighted by Gasteiger charge is -2.06. The van der Waals surface area contributed by atoms with Gasteiger partial charge in [0.2, 0.25) is 5.89 Å².